The lowest BCUT2D eigenvalue weighted by Gasteiger charge is -2.11. The number of halogens is 3. The van der Waals surface area contributed by atoms with Crippen LogP contribution < -0.4 is 5.32 Å². The summed E-state index contributed by atoms with van der Waals surface area (Å²) in [6.07, 6.45) is -1.82. The zero-order chi connectivity index (χ0) is 15.5. The third kappa shape index (κ3) is 3.71. The number of carboxylic acids is 1. The highest BCUT2D eigenvalue weighted by atomic mass is 19.4. The molecular formula is C14H11F3N2O2. The lowest BCUT2D eigenvalue weighted by molar-refractivity contribution is -0.137. The molecule has 0 spiro atoms. The Kier molecular flexibility index (Phi) is 4.11. The number of nitrogens with one attached hydrogen (secondary N) is 1. The van der Waals surface area contributed by atoms with E-state index in [9.17, 15) is 18.0 Å². The third-order valence-corrected chi connectivity index (χ3v) is 2.79. The minimum atomic E-state index is -4.40. The lowest BCUT2D eigenvalue weighted by atomic mass is 10.1. The molecule has 0 aliphatic heterocycles. The van der Waals surface area contributed by atoms with E-state index in [1.807, 2.05) is 0 Å². The Labute approximate surface area is 118 Å². The first-order valence-corrected chi connectivity index (χ1v) is 5.95. The van der Waals surface area contributed by atoms with Gasteiger partial charge in [-0.05, 0) is 23.8 Å². The van der Waals surface area contributed by atoms with E-state index >= 15 is 0 Å². The van der Waals surface area contributed by atoms with Crippen LogP contribution in [0.15, 0.2) is 42.7 Å². The van der Waals surface area contributed by atoms with Crippen LogP contribution in [0.3, 0.4) is 0 Å². The van der Waals surface area contributed by atoms with Crippen LogP contribution in [-0.2, 0) is 12.7 Å². The fourth-order valence-electron chi connectivity index (χ4n) is 1.77. The molecule has 0 fully saturated rings. The molecule has 1 aromatic heterocycles. The van der Waals surface area contributed by atoms with Crippen molar-refractivity contribution >= 4 is 11.7 Å². The number of anilines is 1. The van der Waals surface area contributed by atoms with Crippen molar-refractivity contribution in [3.8, 4) is 0 Å². The number of pyridine rings is 1. The Balaban J connectivity index is 2.16. The van der Waals surface area contributed by atoms with Gasteiger partial charge in [-0.1, -0.05) is 12.1 Å². The summed E-state index contributed by atoms with van der Waals surface area (Å²) in [4.78, 5) is 14.7. The number of hydrogen-bond acceptors (Lipinski definition) is 3. The molecule has 110 valence electrons. The number of alkyl halides is 3. The molecule has 4 nitrogen and oxygen atoms in total. The Morgan fingerprint density at radius 2 is 2.05 bits per heavy atom. The summed E-state index contributed by atoms with van der Waals surface area (Å²) in [5, 5.41) is 11.8. The second-order valence-electron chi connectivity index (χ2n) is 4.28. The molecule has 0 saturated carbocycles. The molecular weight excluding hydrogens is 285 g/mol. The van der Waals surface area contributed by atoms with E-state index < -0.39 is 17.7 Å². The van der Waals surface area contributed by atoms with Crippen LogP contribution in [0.1, 0.15) is 21.5 Å². The summed E-state index contributed by atoms with van der Waals surface area (Å²) >= 11 is 0. The molecule has 0 unspecified atom stereocenters. The van der Waals surface area contributed by atoms with E-state index in [-0.39, 0.29) is 12.1 Å². The van der Waals surface area contributed by atoms with Crippen molar-refractivity contribution in [1.29, 1.82) is 0 Å². The van der Waals surface area contributed by atoms with Gasteiger partial charge in [-0.25, -0.2) is 4.79 Å². The SMILES string of the molecule is O=C(O)c1cnccc1NCc1cccc(C(F)(F)F)c1. The second kappa shape index (κ2) is 5.82. The molecule has 2 aromatic rings. The molecule has 2 N–H and O–H groups in total. The van der Waals surface area contributed by atoms with Crippen LogP contribution in [0.2, 0.25) is 0 Å². The lowest BCUT2D eigenvalue weighted by Crippen LogP contribution is -2.09. The number of carboxylic acid groups (broad SMARTS) is 1. The van der Waals surface area contributed by atoms with Crippen molar-refractivity contribution in [2.45, 2.75) is 12.7 Å². The predicted molar refractivity (Wildman–Crippen MR) is 70.0 cm³/mol. The van der Waals surface area contributed by atoms with Gasteiger partial charge >= 0.3 is 12.1 Å². The maximum Gasteiger partial charge on any atom is 0.416 e. The van der Waals surface area contributed by atoms with E-state index in [1.165, 1.54) is 30.6 Å². The molecule has 0 atom stereocenters. The summed E-state index contributed by atoms with van der Waals surface area (Å²) in [5.74, 6) is -1.16. The first-order chi connectivity index (χ1) is 9.88. The summed E-state index contributed by atoms with van der Waals surface area (Å²) in [5.41, 5.74) is -0.0765. The van der Waals surface area contributed by atoms with E-state index in [4.69, 9.17) is 5.11 Å². The summed E-state index contributed by atoms with van der Waals surface area (Å²) in [6.45, 7) is 0.0776. The molecule has 7 heteroatoms. The topological polar surface area (TPSA) is 62.2 Å². The van der Waals surface area contributed by atoms with Crippen molar-refractivity contribution in [2.24, 2.45) is 0 Å². The number of aromatic nitrogens is 1. The molecule has 21 heavy (non-hydrogen) atoms. The average Bonchev–Trinajstić information content (AvgIpc) is 2.45. The molecule has 0 aliphatic carbocycles. The number of benzene rings is 1. The molecule has 0 radical (unpaired) electrons. The second-order valence-corrected chi connectivity index (χ2v) is 4.28. The standard InChI is InChI=1S/C14H11F3N2O2/c15-14(16,17)10-3-1-2-9(6-10)7-19-12-4-5-18-8-11(12)13(20)21/h1-6,8H,7H2,(H,18,19)(H,20,21). The molecule has 1 heterocycles. The minimum Gasteiger partial charge on any atom is -0.478 e. The Bertz CT molecular complexity index is 657. The van der Waals surface area contributed by atoms with Gasteiger partial charge in [0.25, 0.3) is 0 Å². The van der Waals surface area contributed by atoms with Gasteiger partial charge in [0.1, 0.15) is 5.56 Å². The quantitative estimate of drug-likeness (QED) is 0.907. The van der Waals surface area contributed by atoms with Crippen molar-refractivity contribution in [2.75, 3.05) is 5.32 Å². The van der Waals surface area contributed by atoms with Crippen LogP contribution in [0.5, 0.6) is 0 Å². The van der Waals surface area contributed by atoms with E-state index in [1.54, 1.807) is 0 Å². The Morgan fingerprint density at radius 1 is 1.29 bits per heavy atom. The molecule has 0 bridgehead atoms. The zero-order valence-corrected chi connectivity index (χ0v) is 10.7. The molecule has 1 aromatic carbocycles. The van der Waals surface area contributed by atoms with Gasteiger partial charge in [0.2, 0.25) is 0 Å². The van der Waals surface area contributed by atoms with Crippen molar-refractivity contribution in [1.82, 2.24) is 4.98 Å². The van der Waals surface area contributed by atoms with Gasteiger partial charge < -0.3 is 10.4 Å². The first-order valence-electron chi connectivity index (χ1n) is 5.95. The van der Waals surface area contributed by atoms with E-state index in [0.717, 1.165) is 12.1 Å². The monoisotopic (exact) mass is 296 g/mol. The van der Waals surface area contributed by atoms with Crippen LogP contribution >= 0.6 is 0 Å². The Morgan fingerprint density at radius 3 is 2.71 bits per heavy atom. The van der Waals surface area contributed by atoms with Crippen molar-refractivity contribution < 1.29 is 23.1 Å². The van der Waals surface area contributed by atoms with E-state index in [2.05, 4.69) is 10.3 Å². The van der Waals surface area contributed by atoms with Gasteiger partial charge in [0, 0.05) is 18.9 Å². The van der Waals surface area contributed by atoms with Crippen LogP contribution in [0, 0.1) is 0 Å². The number of carbonyl (C=O) groups is 1. The van der Waals surface area contributed by atoms with Gasteiger partial charge in [0.15, 0.2) is 0 Å². The first kappa shape index (κ1) is 14.8. The maximum atomic E-state index is 12.6. The van der Waals surface area contributed by atoms with Crippen molar-refractivity contribution in [3.63, 3.8) is 0 Å². The molecule has 0 aliphatic rings. The highest BCUT2D eigenvalue weighted by Crippen LogP contribution is 2.29. The number of aromatic carboxylic acids is 1. The number of hydrogen-bond donors (Lipinski definition) is 2. The summed E-state index contributed by atoms with van der Waals surface area (Å²) < 4.78 is 37.8. The molecule has 0 amide bonds. The number of nitrogens with zero attached hydrogens (tertiary/aromatic N) is 1. The predicted octanol–water partition coefficient (Wildman–Crippen LogP) is 3.41. The highest BCUT2D eigenvalue weighted by molar-refractivity contribution is 5.93. The summed E-state index contributed by atoms with van der Waals surface area (Å²) in [7, 11) is 0. The van der Waals surface area contributed by atoms with Crippen LogP contribution in [0.4, 0.5) is 18.9 Å². The van der Waals surface area contributed by atoms with Crippen LogP contribution in [0.25, 0.3) is 0 Å². The smallest absolute Gasteiger partial charge is 0.416 e. The molecule has 2 rings (SSSR count). The normalized spacial score (nSPS) is 11.2. The van der Waals surface area contributed by atoms with E-state index in [0.29, 0.717) is 11.3 Å². The fraction of sp³-hybridized carbons (Fsp3) is 0.143. The van der Waals surface area contributed by atoms with Gasteiger partial charge in [-0.15, -0.1) is 0 Å². The van der Waals surface area contributed by atoms with Gasteiger partial charge in [-0.3, -0.25) is 4.98 Å². The third-order valence-electron chi connectivity index (χ3n) is 2.79. The average molecular weight is 296 g/mol. The van der Waals surface area contributed by atoms with Gasteiger partial charge in [0.05, 0.1) is 11.3 Å². The highest BCUT2D eigenvalue weighted by Gasteiger charge is 2.30. The summed E-state index contributed by atoms with van der Waals surface area (Å²) in [6, 6.07) is 6.30. The fourth-order valence-corrected chi connectivity index (χ4v) is 1.77. The maximum absolute atomic E-state index is 12.6. The minimum absolute atomic E-state index is 0.0375. The van der Waals surface area contributed by atoms with Crippen molar-refractivity contribution in [3.05, 3.63) is 59.4 Å². The Hall–Kier alpha value is -2.57. The number of rotatable bonds is 4. The molecule has 0 saturated heterocycles. The largest absolute Gasteiger partial charge is 0.478 e. The zero-order valence-electron chi connectivity index (χ0n) is 10.7. The van der Waals surface area contributed by atoms with Gasteiger partial charge in [-0.2, -0.15) is 13.2 Å². The van der Waals surface area contributed by atoms with Crippen LogP contribution in [-0.4, -0.2) is 16.1 Å².